The lowest BCUT2D eigenvalue weighted by Crippen LogP contribution is -2.53. The summed E-state index contributed by atoms with van der Waals surface area (Å²) in [5, 5.41) is 12.1. The number of amides is 2. The molecule has 214 valence electrons. The molecule has 3 aromatic carbocycles. The molecule has 2 N–H and O–H groups in total. The first-order valence-corrected chi connectivity index (χ1v) is 14.1. The second-order valence-corrected chi connectivity index (χ2v) is 11.3. The van der Waals surface area contributed by atoms with Gasteiger partial charge in [0.25, 0.3) is 0 Å². The lowest BCUT2D eigenvalue weighted by molar-refractivity contribution is -0.139. The van der Waals surface area contributed by atoms with E-state index in [1.54, 1.807) is 4.90 Å². The van der Waals surface area contributed by atoms with E-state index in [2.05, 4.69) is 29.6 Å². The number of likely N-dealkylation sites (tertiary alicyclic amines) is 1. The Balaban J connectivity index is 1.27. The zero-order chi connectivity index (χ0) is 28.9. The maximum atomic E-state index is 13.7. The molecule has 0 spiro atoms. The number of benzene rings is 3. The molecule has 2 amide bonds. The van der Waals surface area contributed by atoms with Gasteiger partial charge in [0.05, 0.1) is 6.42 Å². The monoisotopic (exact) mass is 555 g/mol. The quantitative estimate of drug-likeness (QED) is 0.380. The zero-order valence-electron chi connectivity index (χ0n) is 23.5. The first-order valence-electron chi connectivity index (χ1n) is 14.1. The zero-order valence-corrected chi connectivity index (χ0v) is 23.5. The fourth-order valence-corrected chi connectivity index (χ4v) is 6.16. The van der Waals surface area contributed by atoms with Crippen molar-refractivity contribution >= 4 is 18.0 Å². The molecule has 8 nitrogen and oxygen atoms in total. The molecule has 0 aromatic heterocycles. The van der Waals surface area contributed by atoms with Gasteiger partial charge in [-0.1, -0.05) is 85.8 Å². The number of alkyl carbamates (subject to hydrolysis) is 1. The molecule has 1 aliphatic carbocycles. The number of carboxylic acid groups (broad SMARTS) is 1. The highest BCUT2D eigenvalue weighted by molar-refractivity contribution is 5.86. The summed E-state index contributed by atoms with van der Waals surface area (Å²) >= 11 is 0. The molecule has 1 fully saturated rings. The molecule has 5 rings (SSSR count). The number of hydrogen-bond acceptors (Lipinski definition) is 5. The molecule has 3 aromatic rings. The molecule has 1 aliphatic heterocycles. The van der Waals surface area contributed by atoms with Gasteiger partial charge in [-0.3, -0.25) is 14.5 Å². The molecule has 41 heavy (non-hydrogen) atoms. The Morgan fingerprint density at radius 2 is 1.56 bits per heavy atom. The van der Waals surface area contributed by atoms with Crippen molar-refractivity contribution in [3.05, 3.63) is 95.6 Å². The summed E-state index contributed by atoms with van der Waals surface area (Å²) in [5.74, 6) is -1.23. The molecule has 8 heteroatoms. The fraction of sp³-hybridized carbons (Fsp3) is 0.364. The number of aliphatic carboxylic acids is 1. The van der Waals surface area contributed by atoms with Crippen LogP contribution in [0.3, 0.4) is 0 Å². The van der Waals surface area contributed by atoms with Gasteiger partial charge >= 0.3 is 12.1 Å². The summed E-state index contributed by atoms with van der Waals surface area (Å²) in [4.78, 5) is 41.9. The fourth-order valence-electron chi connectivity index (χ4n) is 6.16. The number of carbonyl (C=O) groups excluding carboxylic acids is 2. The van der Waals surface area contributed by atoms with Gasteiger partial charge in [0.1, 0.15) is 12.6 Å². The highest BCUT2D eigenvalue weighted by Gasteiger charge is 2.37. The number of likely N-dealkylation sites (N-methyl/N-ethyl adjacent to an activating group) is 1. The number of hydrogen-bond donors (Lipinski definition) is 2. The van der Waals surface area contributed by atoms with E-state index in [1.807, 2.05) is 73.5 Å². The van der Waals surface area contributed by atoms with Crippen LogP contribution in [-0.2, 0) is 20.9 Å². The molecule has 3 unspecified atom stereocenters. The summed E-state index contributed by atoms with van der Waals surface area (Å²) in [6.45, 7) is 3.83. The normalized spacial score (nSPS) is 18.6. The Labute approximate surface area is 240 Å². The van der Waals surface area contributed by atoms with E-state index in [0.29, 0.717) is 19.6 Å². The summed E-state index contributed by atoms with van der Waals surface area (Å²) < 4.78 is 5.76. The minimum Gasteiger partial charge on any atom is -0.481 e. The van der Waals surface area contributed by atoms with Crippen LogP contribution >= 0.6 is 0 Å². The highest BCUT2D eigenvalue weighted by atomic mass is 16.5. The van der Waals surface area contributed by atoms with Gasteiger partial charge in [-0.15, -0.1) is 0 Å². The number of nitrogens with zero attached hydrogens (tertiary/aromatic N) is 2. The maximum absolute atomic E-state index is 13.7. The number of rotatable bonds is 10. The Bertz CT molecular complexity index is 1350. The third-order valence-electron chi connectivity index (χ3n) is 8.24. The van der Waals surface area contributed by atoms with Crippen LogP contribution in [0.5, 0.6) is 0 Å². The average Bonchev–Trinajstić information content (AvgIpc) is 3.48. The molecule has 0 saturated carbocycles. The summed E-state index contributed by atoms with van der Waals surface area (Å²) in [7, 11) is 1.91. The van der Waals surface area contributed by atoms with Crippen LogP contribution in [0, 0.1) is 11.8 Å². The lowest BCUT2D eigenvalue weighted by atomic mass is 9.95. The molecule has 0 radical (unpaired) electrons. The summed E-state index contributed by atoms with van der Waals surface area (Å²) in [6.07, 6.45) is -0.628. The van der Waals surface area contributed by atoms with Crippen LogP contribution in [0.2, 0.25) is 0 Å². The molecule has 1 saturated heterocycles. The minimum absolute atomic E-state index is 0.0172. The number of nitrogens with one attached hydrogen (secondary N) is 1. The van der Waals surface area contributed by atoms with Crippen molar-refractivity contribution in [1.29, 1.82) is 0 Å². The van der Waals surface area contributed by atoms with E-state index in [-0.39, 0.29) is 43.2 Å². The van der Waals surface area contributed by atoms with Crippen LogP contribution in [0.15, 0.2) is 78.9 Å². The SMILES string of the molecule is CC1CN(C(=O)C(CN(C)Cc2ccccc2)NC(=O)OCC2c3ccccc3-c3ccccc32)CC1CC(=O)O. The van der Waals surface area contributed by atoms with E-state index >= 15 is 0 Å². The van der Waals surface area contributed by atoms with E-state index in [1.165, 1.54) is 0 Å². The first kappa shape index (κ1) is 28.4. The van der Waals surface area contributed by atoms with Gasteiger partial charge in [-0.25, -0.2) is 4.79 Å². The van der Waals surface area contributed by atoms with E-state index in [9.17, 15) is 19.5 Å². The van der Waals surface area contributed by atoms with E-state index in [4.69, 9.17) is 4.74 Å². The first-order chi connectivity index (χ1) is 19.8. The second-order valence-electron chi connectivity index (χ2n) is 11.3. The average molecular weight is 556 g/mol. The van der Waals surface area contributed by atoms with Crippen molar-refractivity contribution in [2.24, 2.45) is 11.8 Å². The molecule has 1 heterocycles. The van der Waals surface area contributed by atoms with Crippen molar-refractivity contribution in [2.45, 2.75) is 31.8 Å². The Kier molecular flexibility index (Phi) is 8.69. The molecule has 0 bridgehead atoms. The van der Waals surface area contributed by atoms with Crippen LogP contribution in [0.1, 0.15) is 36.0 Å². The highest BCUT2D eigenvalue weighted by Crippen LogP contribution is 2.44. The third kappa shape index (κ3) is 6.60. The van der Waals surface area contributed by atoms with Crippen molar-refractivity contribution in [2.75, 3.05) is 33.3 Å². The molecule has 3 atom stereocenters. The van der Waals surface area contributed by atoms with Crippen LogP contribution < -0.4 is 5.32 Å². The predicted octanol–water partition coefficient (Wildman–Crippen LogP) is 4.59. The summed E-state index contributed by atoms with van der Waals surface area (Å²) in [6, 6.07) is 25.4. The van der Waals surface area contributed by atoms with Gasteiger partial charge in [0.15, 0.2) is 0 Å². The van der Waals surface area contributed by atoms with Crippen molar-refractivity contribution in [1.82, 2.24) is 15.1 Å². The predicted molar refractivity (Wildman–Crippen MR) is 156 cm³/mol. The third-order valence-corrected chi connectivity index (χ3v) is 8.24. The van der Waals surface area contributed by atoms with E-state index < -0.39 is 18.1 Å². The topological polar surface area (TPSA) is 99.2 Å². The molecule has 2 aliphatic rings. The van der Waals surface area contributed by atoms with Gasteiger partial charge in [0, 0.05) is 32.1 Å². The maximum Gasteiger partial charge on any atom is 0.407 e. The van der Waals surface area contributed by atoms with Crippen LogP contribution in [-0.4, -0.2) is 72.2 Å². The molecular formula is C33H37N3O5. The Morgan fingerprint density at radius 1 is 0.951 bits per heavy atom. The number of fused-ring (bicyclic) bond motifs is 3. The Morgan fingerprint density at radius 3 is 2.20 bits per heavy atom. The number of carboxylic acids is 1. The summed E-state index contributed by atoms with van der Waals surface area (Å²) in [5.41, 5.74) is 5.62. The smallest absolute Gasteiger partial charge is 0.407 e. The minimum atomic E-state index is -0.868. The number of carbonyl (C=O) groups is 3. The molecular weight excluding hydrogens is 518 g/mol. The van der Waals surface area contributed by atoms with Crippen molar-refractivity contribution < 1.29 is 24.2 Å². The standard InChI is InChI=1S/C33H37N3O5/c1-22-17-36(19-24(22)16-31(37)38)32(39)30(20-35(2)18-23-10-4-3-5-11-23)34-33(40)41-21-29-27-14-8-6-12-25(27)26-13-7-9-15-28(26)29/h3-15,22,24,29-30H,16-21H2,1-2H3,(H,34,40)(H,37,38). The van der Waals surface area contributed by atoms with Crippen molar-refractivity contribution in [3.63, 3.8) is 0 Å². The van der Waals surface area contributed by atoms with Crippen LogP contribution in [0.4, 0.5) is 4.79 Å². The Hall–Kier alpha value is -4.17. The van der Waals surface area contributed by atoms with Gasteiger partial charge in [-0.05, 0) is 46.7 Å². The van der Waals surface area contributed by atoms with Gasteiger partial charge in [0.2, 0.25) is 5.91 Å². The van der Waals surface area contributed by atoms with E-state index in [0.717, 1.165) is 27.8 Å². The second kappa shape index (κ2) is 12.6. The number of ether oxygens (including phenoxy) is 1. The van der Waals surface area contributed by atoms with Crippen molar-refractivity contribution in [3.8, 4) is 11.1 Å². The van der Waals surface area contributed by atoms with Crippen LogP contribution in [0.25, 0.3) is 11.1 Å². The van der Waals surface area contributed by atoms with Gasteiger partial charge < -0.3 is 20.1 Å². The largest absolute Gasteiger partial charge is 0.481 e. The van der Waals surface area contributed by atoms with Gasteiger partial charge in [-0.2, -0.15) is 0 Å². The lowest BCUT2D eigenvalue weighted by Gasteiger charge is -2.28.